The van der Waals surface area contributed by atoms with Crippen molar-refractivity contribution in [2.45, 2.75) is 39.2 Å². The van der Waals surface area contributed by atoms with Crippen LogP contribution in [0.1, 0.15) is 33.1 Å². The highest BCUT2D eigenvalue weighted by atomic mass is 16.5. The van der Waals surface area contributed by atoms with Gasteiger partial charge in [-0.3, -0.25) is 4.79 Å². The second-order valence-corrected chi connectivity index (χ2v) is 6.52. The fourth-order valence-corrected chi connectivity index (χ4v) is 3.24. The van der Waals surface area contributed by atoms with Gasteiger partial charge in [-0.2, -0.15) is 0 Å². The summed E-state index contributed by atoms with van der Waals surface area (Å²) in [6, 6.07) is 0.355. The van der Waals surface area contributed by atoms with E-state index in [1.54, 1.807) is 7.11 Å². The lowest BCUT2D eigenvalue weighted by molar-refractivity contribution is -0.133. The summed E-state index contributed by atoms with van der Waals surface area (Å²) < 4.78 is 5.23. The Morgan fingerprint density at radius 2 is 1.95 bits per heavy atom. The van der Waals surface area contributed by atoms with Crippen molar-refractivity contribution < 1.29 is 9.53 Å². The van der Waals surface area contributed by atoms with Crippen LogP contribution in [0.4, 0.5) is 0 Å². The van der Waals surface area contributed by atoms with Crippen LogP contribution in [0.3, 0.4) is 0 Å². The van der Waals surface area contributed by atoms with E-state index in [1.807, 2.05) is 4.90 Å². The molecular weight excluding hydrogens is 240 g/mol. The largest absolute Gasteiger partial charge is 0.383 e. The van der Waals surface area contributed by atoms with Gasteiger partial charge in [0.15, 0.2) is 0 Å². The van der Waals surface area contributed by atoms with Gasteiger partial charge in [-0.15, -0.1) is 0 Å². The van der Waals surface area contributed by atoms with Crippen molar-refractivity contribution >= 4 is 5.91 Å². The van der Waals surface area contributed by atoms with Crippen LogP contribution in [0.2, 0.25) is 0 Å². The number of ether oxygens (including phenoxy) is 1. The minimum absolute atomic E-state index is 0.250. The molecule has 1 N–H and O–H groups in total. The molecule has 1 heterocycles. The highest BCUT2D eigenvalue weighted by molar-refractivity contribution is 5.78. The Balaban J connectivity index is 1.76. The number of nitrogens with one attached hydrogen (secondary N) is 1. The summed E-state index contributed by atoms with van der Waals surface area (Å²) in [5, 5.41) is 3.39. The molecule has 1 saturated carbocycles. The molecule has 1 saturated heterocycles. The first-order valence-corrected chi connectivity index (χ1v) is 7.60. The molecule has 2 rings (SSSR count). The molecule has 19 heavy (non-hydrogen) atoms. The lowest BCUT2D eigenvalue weighted by Gasteiger charge is -2.35. The van der Waals surface area contributed by atoms with Crippen molar-refractivity contribution in [1.82, 2.24) is 10.2 Å². The molecule has 4 heteroatoms. The predicted molar refractivity (Wildman–Crippen MR) is 75.9 cm³/mol. The number of carbonyl (C=O) groups is 1. The van der Waals surface area contributed by atoms with Crippen LogP contribution in [-0.2, 0) is 9.53 Å². The third kappa shape index (κ3) is 4.46. The number of likely N-dealkylation sites (tertiary alicyclic amines) is 1. The Bertz CT molecular complexity index is 295. The van der Waals surface area contributed by atoms with Crippen LogP contribution < -0.4 is 5.32 Å². The van der Waals surface area contributed by atoms with Crippen molar-refractivity contribution in [2.24, 2.45) is 17.8 Å². The predicted octanol–water partition coefficient (Wildman–Crippen LogP) is 1.51. The van der Waals surface area contributed by atoms with Crippen molar-refractivity contribution in [3.8, 4) is 0 Å². The molecule has 4 nitrogen and oxygen atoms in total. The van der Waals surface area contributed by atoms with E-state index in [0.717, 1.165) is 13.1 Å². The highest BCUT2D eigenvalue weighted by Gasteiger charge is 2.32. The molecule has 0 radical (unpaired) electrons. The van der Waals surface area contributed by atoms with Crippen molar-refractivity contribution in [3.05, 3.63) is 0 Å². The van der Waals surface area contributed by atoms with E-state index in [2.05, 4.69) is 19.2 Å². The van der Waals surface area contributed by atoms with E-state index in [1.165, 1.54) is 19.3 Å². The third-order valence-electron chi connectivity index (χ3n) is 4.27. The van der Waals surface area contributed by atoms with Crippen LogP contribution in [0.25, 0.3) is 0 Å². The Morgan fingerprint density at radius 1 is 1.32 bits per heavy atom. The average Bonchev–Trinajstić information content (AvgIpc) is 3.17. The van der Waals surface area contributed by atoms with Crippen molar-refractivity contribution in [1.29, 1.82) is 0 Å². The van der Waals surface area contributed by atoms with Gasteiger partial charge in [-0.05, 0) is 37.0 Å². The summed E-state index contributed by atoms with van der Waals surface area (Å²) in [5.74, 6) is 2.23. The third-order valence-corrected chi connectivity index (χ3v) is 4.27. The van der Waals surface area contributed by atoms with E-state index in [-0.39, 0.29) is 5.91 Å². The molecule has 110 valence electrons. The lowest BCUT2D eigenvalue weighted by atomic mass is 9.92. The Labute approximate surface area is 116 Å². The van der Waals surface area contributed by atoms with Gasteiger partial charge >= 0.3 is 0 Å². The van der Waals surface area contributed by atoms with Gasteiger partial charge < -0.3 is 15.0 Å². The fraction of sp³-hybridized carbons (Fsp3) is 0.933. The first-order valence-electron chi connectivity index (χ1n) is 7.60. The molecule has 0 aromatic carbocycles. The second-order valence-electron chi connectivity index (χ2n) is 6.52. The molecule has 1 aliphatic heterocycles. The lowest BCUT2D eigenvalue weighted by Crippen LogP contribution is -2.48. The zero-order chi connectivity index (χ0) is 13.8. The molecule has 0 bridgehead atoms. The number of hydrogen-bond donors (Lipinski definition) is 1. The van der Waals surface area contributed by atoms with Crippen LogP contribution >= 0.6 is 0 Å². The van der Waals surface area contributed by atoms with E-state index in [4.69, 9.17) is 4.74 Å². The van der Waals surface area contributed by atoms with Gasteiger partial charge in [0, 0.05) is 26.2 Å². The van der Waals surface area contributed by atoms with Gasteiger partial charge in [-0.1, -0.05) is 13.8 Å². The van der Waals surface area contributed by atoms with Gasteiger partial charge in [0.2, 0.25) is 5.91 Å². The first-order chi connectivity index (χ1) is 9.10. The van der Waals surface area contributed by atoms with Gasteiger partial charge in [0.1, 0.15) is 0 Å². The minimum Gasteiger partial charge on any atom is -0.383 e. The zero-order valence-electron chi connectivity index (χ0n) is 12.5. The molecule has 0 unspecified atom stereocenters. The molecule has 0 aromatic rings. The molecular formula is C15H28N2O2. The molecule has 2 fully saturated rings. The number of nitrogens with zero attached hydrogens (tertiary/aromatic N) is 1. The SMILES string of the molecule is COC[C@H](NCC(=O)N1C[C@@H](C)C[C@H](C)C1)C1CC1. The van der Waals surface area contributed by atoms with Crippen LogP contribution in [0.5, 0.6) is 0 Å². The maximum Gasteiger partial charge on any atom is 0.236 e. The minimum atomic E-state index is 0.250. The zero-order valence-corrected chi connectivity index (χ0v) is 12.5. The Hall–Kier alpha value is -0.610. The number of carbonyl (C=O) groups excluding carboxylic acids is 1. The summed E-state index contributed by atoms with van der Waals surface area (Å²) in [6.45, 7) is 7.49. The van der Waals surface area contributed by atoms with Crippen LogP contribution in [0, 0.1) is 17.8 Å². The summed E-state index contributed by atoms with van der Waals surface area (Å²) >= 11 is 0. The molecule has 1 amide bonds. The van der Waals surface area contributed by atoms with Gasteiger partial charge in [-0.25, -0.2) is 0 Å². The van der Waals surface area contributed by atoms with Crippen molar-refractivity contribution in [2.75, 3.05) is 33.4 Å². The summed E-state index contributed by atoms with van der Waals surface area (Å²) in [6.07, 6.45) is 3.78. The van der Waals surface area contributed by atoms with Gasteiger partial charge in [0.25, 0.3) is 0 Å². The number of piperidine rings is 1. The fourth-order valence-electron chi connectivity index (χ4n) is 3.24. The van der Waals surface area contributed by atoms with E-state index < -0.39 is 0 Å². The smallest absolute Gasteiger partial charge is 0.236 e. The number of amides is 1. The summed E-state index contributed by atoms with van der Waals surface area (Å²) in [5.41, 5.74) is 0. The van der Waals surface area contributed by atoms with E-state index >= 15 is 0 Å². The molecule has 0 aromatic heterocycles. The Kier molecular flexibility index (Phi) is 5.22. The molecule has 0 spiro atoms. The maximum atomic E-state index is 12.3. The number of hydrogen-bond acceptors (Lipinski definition) is 3. The molecule has 3 atom stereocenters. The van der Waals surface area contributed by atoms with Crippen LogP contribution in [-0.4, -0.2) is 50.2 Å². The van der Waals surface area contributed by atoms with E-state index in [9.17, 15) is 4.79 Å². The van der Waals surface area contributed by atoms with E-state index in [0.29, 0.717) is 36.9 Å². The normalized spacial score (nSPS) is 29.3. The number of rotatable bonds is 6. The maximum absolute atomic E-state index is 12.3. The Morgan fingerprint density at radius 3 is 2.47 bits per heavy atom. The average molecular weight is 268 g/mol. The van der Waals surface area contributed by atoms with Crippen LogP contribution in [0.15, 0.2) is 0 Å². The van der Waals surface area contributed by atoms with Crippen molar-refractivity contribution in [3.63, 3.8) is 0 Å². The van der Waals surface area contributed by atoms with Gasteiger partial charge in [0.05, 0.1) is 13.2 Å². The highest BCUT2D eigenvalue weighted by Crippen LogP contribution is 2.32. The second kappa shape index (κ2) is 6.71. The first kappa shape index (κ1) is 14.8. The summed E-state index contributed by atoms with van der Waals surface area (Å²) in [7, 11) is 1.73. The monoisotopic (exact) mass is 268 g/mol. The topological polar surface area (TPSA) is 41.6 Å². The molecule has 2 aliphatic rings. The number of methoxy groups -OCH3 is 1. The quantitative estimate of drug-likeness (QED) is 0.794. The summed E-state index contributed by atoms with van der Waals surface area (Å²) in [4.78, 5) is 14.3. The standard InChI is InChI=1S/C15H28N2O2/c1-11-6-12(2)9-17(8-11)15(18)7-16-14(10-19-3)13-4-5-13/h11-14,16H,4-10H2,1-3H3/t11-,12-,14-/m0/s1. The molecule has 1 aliphatic carbocycles.